The largest absolute Gasteiger partial charge is 0.497 e. The zero-order chi connectivity index (χ0) is 28.2. The van der Waals surface area contributed by atoms with Crippen LogP contribution in [0.2, 0.25) is 10.0 Å². The Morgan fingerprint density at radius 2 is 1.74 bits per heavy atom. The van der Waals surface area contributed by atoms with Crippen LogP contribution in [0.25, 0.3) is 0 Å². The molecule has 1 aliphatic rings. The molecule has 1 saturated heterocycles. The summed E-state index contributed by atoms with van der Waals surface area (Å²) >= 11 is 12.3. The minimum absolute atomic E-state index is 0.0754. The molecular formula is C28H36Cl2N4O5. The van der Waals surface area contributed by atoms with Crippen LogP contribution in [0.3, 0.4) is 0 Å². The minimum Gasteiger partial charge on any atom is -0.497 e. The summed E-state index contributed by atoms with van der Waals surface area (Å²) in [6.45, 7) is 1.47. The predicted octanol–water partition coefficient (Wildman–Crippen LogP) is 2.70. The van der Waals surface area contributed by atoms with Crippen molar-refractivity contribution in [2.24, 2.45) is 5.73 Å². The van der Waals surface area contributed by atoms with E-state index in [1.54, 1.807) is 25.3 Å². The normalized spacial score (nSPS) is 14.7. The lowest BCUT2D eigenvalue weighted by molar-refractivity contribution is -0.141. The molecule has 0 bridgehead atoms. The van der Waals surface area contributed by atoms with Gasteiger partial charge in [-0.1, -0.05) is 41.4 Å². The first-order valence-electron chi connectivity index (χ1n) is 13.0. The van der Waals surface area contributed by atoms with Crippen molar-refractivity contribution in [2.75, 3.05) is 53.0 Å². The molecule has 1 unspecified atom stereocenters. The fraction of sp³-hybridized carbons (Fsp3) is 0.464. The number of nitrogens with one attached hydrogen (secondary N) is 1. The van der Waals surface area contributed by atoms with Gasteiger partial charge in [-0.25, -0.2) is 0 Å². The number of benzene rings is 2. The van der Waals surface area contributed by atoms with Crippen molar-refractivity contribution in [3.63, 3.8) is 0 Å². The summed E-state index contributed by atoms with van der Waals surface area (Å²) in [5.41, 5.74) is 7.22. The molecule has 3 N–H and O–H groups in total. The molecule has 212 valence electrons. The van der Waals surface area contributed by atoms with Gasteiger partial charge in [0.05, 0.1) is 32.8 Å². The van der Waals surface area contributed by atoms with E-state index >= 15 is 0 Å². The summed E-state index contributed by atoms with van der Waals surface area (Å²) in [7, 11) is 1.60. The number of methoxy groups -OCH3 is 1. The Balaban J connectivity index is 1.66. The van der Waals surface area contributed by atoms with Gasteiger partial charge in [0.2, 0.25) is 17.7 Å². The molecule has 2 aromatic carbocycles. The van der Waals surface area contributed by atoms with Crippen LogP contribution in [0, 0.1) is 0 Å². The third kappa shape index (κ3) is 10.3. The summed E-state index contributed by atoms with van der Waals surface area (Å²) in [4.78, 5) is 41.2. The average Bonchev–Trinajstić information content (AvgIpc) is 3.43. The number of carbonyl (C=O) groups is 3. The fourth-order valence-corrected chi connectivity index (χ4v) is 4.83. The monoisotopic (exact) mass is 578 g/mol. The van der Waals surface area contributed by atoms with E-state index in [-0.39, 0.29) is 44.1 Å². The van der Waals surface area contributed by atoms with Gasteiger partial charge < -0.3 is 30.3 Å². The number of halogens is 2. The van der Waals surface area contributed by atoms with Gasteiger partial charge in [-0.3, -0.25) is 14.4 Å². The van der Waals surface area contributed by atoms with Crippen LogP contribution in [-0.4, -0.2) is 86.6 Å². The highest BCUT2D eigenvalue weighted by molar-refractivity contribution is 6.35. The highest BCUT2D eigenvalue weighted by Crippen LogP contribution is 2.21. The Bertz CT molecular complexity index is 1110. The smallest absolute Gasteiger partial charge is 0.242 e. The van der Waals surface area contributed by atoms with Gasteiger partial charge in [-0.15, -0.1) is 0 Å². The molecule has 1 fully saturated rings. The molecule has 1 atom stereocenters. The summed E-state index contributed by atoms with van der Waals surface area (Å²) in [5, 5.41) is 4.14. The van der Waals surface area contributed by atoms with Crippen LogP contribution >= 0.6 is 23.2 Å². The van der Waals surface area contributed by atoms with Crippen molar-refractivity contribution < 1.29 is 23.9 Å². The van der Waals surface area contributed by atoms with Gasteiger partial charge in [-0.05, 0) is 61.1 Å². The summed E-state index contributed by atoms with van der Waals surface area (Å²) in [5.74, 6) is -0.487. The molecule has 3 rings (SSSR count). The van der Waals surface area contributed by atoms with Gasteiger partial charge in [0.25, 0.3) is 0 Å². The zero-order valence-corrected chi connectivity index (χ0v) is 23.7. The van der Waals surface area contributed by atoms with Gasteiger partial charge in [0.1, 0.15) is 5.75 Å². The predicted molar refractivity (Wildman–Crippen MR) is 151 cm³/mol. The number of nitrogens with two attached hydrogens (primary N) is 1. The van der Waals surface area contributed by atoms with E-state index in [1.165, 1.54) is 9.80 Å². The molecule has 39 heavy (non-hydrogen) atoms. The second kappa shape index (κ2) is 15.7. The van der Waals surface area contributed by atoms with Gasteiger partial charge in [-0.2, -0.15) is 0 Å². The number of amides is 3. The van der Waals surface area contributed by atoms with Gasteiger partial charge >= 0.3 is 0 Å². The third-order valence-corrected chi connectivity index (χ3v) is 7.13. The van der Waals surface area contributed by atoms with Crippen LogP contribution in [0.15, 0.2) is 42.5 Å². The van der Waals surface area contributed by atoms with Crippen molar-refractivity contribution in [3.8, 4) is 5.75 Å². The van der Waals surface area contributed by atoms with Crippen molar-refractivity contribution >= 4 is 40.9 Å². The Morgan fingerprint density at radius 3 is 2.38 bits per heavy atom. The minimum atomic E-state index is -0.639. The van der Waals surface area contributed by atoms with Gasteiger partial charge in [0.15, 0.2) is 0 Å². The molecule has 0 spiro atoms. The lowest BCUT2D eigenvalue weighted by Gasteiger charge is -2.27. The second-order valence-electron chi connectivity index (χ2n) is 9.45. The second-order valence-corrected chi connectivity index (χ2v) is 10.3. The van der Waals surface area contributed by atoms with E-state index in [0.29, 0.717) is 36.0 Å². The number of carbonyl (C=O) groups excluding carboxylic acids is 3. The molecule has 1 heterocycles. The Labute approximate surface area is 239 Å². The Morgan fingerprint density at radius 1 is 1.03 bits per heavy atom. The molecule has 0 aromatic heterocycles. The van der Waals surface area contributed by atoms with E-state index in [0.717, 1.165) is 36.3 Å². The first kappa shape index (κ1) is 30.7. The SMILES string of the molecule is COc1ccc(CCN(CC(=O)N(CCc2ccc(Cl)cc2Cl)CC(N)=O)C(=O)CNCC2CCCO2)cc1. The lowest BCUT2D eigenvalue weighted by atomic mass is 10.1. The third-order valence-electron chi connectivity index (χ3n) is 6.55. The molecule has 1 aliphatic heterocycles. The number of primary amides is 1. The van der Waals surface area contributed by atoms with E-state index in [4.69, 9.17) is 38.4 Å². The summed E-state index contributed by atoms with van der Waals surface area (Å²) in [6, 6.07) is 12.7. The van der Waals surface area contributed by atoms with E-state index in [2.05, 4.69) is 5.32 Å². The highest BCUT2D eigenvalue weighted by Gasteiger charge is 2.23. The van der Waals surface area contributed by atoms with Crippen LogP contribution in [0.5, 0.6) is 5.75 Å². The number of ether oxygens (including phenoxy) is 2. The van der Waals surface area contributed by atoms with Gasteiger partial charge in [0, 0.05) is 36.3 Å². The maximum atomic E-state index is 13.3. The van der Waals surface area contributed by atoms with E-state index in [9.17, 15) is 14.4 Å². The van der Waals surface area contributed by atoms with Crippen LogP contribution < -0.4 is 15.8 Å². The summed E-state index contributed by atoms with van der Waals surface area (Å²) < 4.78 is 10.8. The average molecular weight is 580 g/mol. The quantitative estimate of drug-likeness (QED) is 0.336. The Hall–Kier alpha value is -2.85. The highest BCUT2D eigenvalue weighted by atomic mass is 35.5. The standard InChI is InChI=1S/C28H36Cl2N4O5/c1-38-23-8-4-20(5-9-23)10-12-34(27(36)17-32-16-24-3-2-14-39-24)19-28(37)33(18-26(31)35)13-11-21-6-7-22(29)15-25(21)30/h4-9,15,24,32H,2-3,10-14,16-19H2,1H3,(H2,31,35). The first-order chi connectivity index (χ1) is 18.7. The van der Waals surface area contributed by atoms with Crippen molar-refractivity contribution in [1.29, 1.82) is 0 Å². The Kier molecular flexibility index (Phi) is 12.3. The van der Waals surface area contributed by atoms with E-state index in [1.807, 2.05) is 24.3 Å². The van der Waals surface area contributed by atoms with Crippen molar-refractivity contribution in [1.82, 2.24) is 15.1 Å². The molecule has 11 heteroatoms. The van der Waals surface area contributed by atoms with Crippen LogP contribution in [-0.2, 0) is 32.0 Å². The maximum absolute atomic E-state index is 13.3. The van der Waals surface area contributed by atoms with E-state index < -0.39 is 5.91 Å². The molecule has 3 amide bonds. The maximum Gasteiger partial charge on any atom is 0.242 e. The molecule has 0 saturated carbocycles. The van der Waals surface area contributed by atoms with Crippen LogP contribution in [0.1, 0.15) is 24.0 Å². The fourth-order valence-electron chi connectivity index (χ4n) is 4.33. The molecule has 2 aromatic rings. The molecule has 9 nitrogen and oxygen atoms in total. The van der Waals surface area contributed by atoms with Crippen molar-refractivity contribution in [2.45, 2.75) is 31.8 Å². The van der Waals surface area contributed by atoms with Crippen LogP contribution in [0.4, 0.5) is 0 Å². The molecule has 0 radical (unpaired) electrons. The molecule has 0 aliphatic carbocycles. The zero-order valence-electron chi connectivity index (χ0n) is 22.2. The number of nitrogens with zero attached hydrogens (tertiary/aromatic N) is 2. The first-order valence-corrected chi connectivity index (χ1v) is 13.7. The number of rotatable bonds is 15. The number of hydrogen-bond donors (Lipinski definition) is 2. The summed E-state index contributed by atoms with van der Waals surface area (Å²) in [6.07, 6.45) is 3.01. The number of hydrogen-bond acceptors (Lipinski definition) is 6. The topological polar surface area (TPSA) is 114 Å². The molecular weight excluding hydrogens is 543 g/mol. The van der Waals surface area contributed by atoms with Crippen molar-refractivity contribution in [3.05, 3.63) is 63.6 Å². The lowest BCUT2D eigenvalue weighted by Crippen LogP contribution is -2.49.